The summed E-state index contributed by atoms with van der Waals surface area (Å²) in [5.41, 5.74) is 5.93. The lowest BCUT2D eigenvalue weighted by Crippen LogP contribution is -2.22. The molecule has 0 saturated carbocycles. The first kappa shape index (κ1) is 17.6. The molecule has 2 heterocycles. The molecular formula is C22H24N2O3. The van der Waals surface area contributed by atoms with Crippen LogP contribution in [0, 0.1) is 0 Å². The van der Waals surface area contributed by atoms with Crippen molar-refractivity contribution in [3.8, 4) is 0 Å². The molecule has 1 aliphatic carbocycles. The molecule has 0 unspecified atom stereocenters. The molecule has 4 rings (SSSR count). The number of methoxy groups -OCH3 is 1. The van der Waals surface area contributed by atoms with E-state index >= 15 is 0 Å². The number of carbonyl (C=O) groups is 2. The van der Waals surface area contributed by atoms with Gasteiger partial charge in [-0.2, -0.15) is 0 Å². The summed E-state index contributed by atoms with van der Waals surface area (Å²) >= 11 is 0. The lowest BCUT2D eigenvalue weighted by molar-refractivity contribution is -0.127. The second-order valence-corrected chi connectivity index (χ2v) is 7.17. The molecule has 2 aromatic rings. The van der Waals surface area contributed by atoms with Gasteiger partial charge in [0.25, 0.3) is 0 Å². The van der Waals surface area contributed by atoms with E-state index < -0.39 is 0 Å². The van der Waals surface area contributed by atoms with Crippen molar-refractivity contribution in [2.75, 3.05) is 7.11 Å². The Bertz CT molecular complexity index is 896. The van der Waals surface area contributed by atoms with Crippen molar-refractivity contribution in [2.45, 2.75) is 45.1 Å². The molecule has 1 fully saturated rings. The zero-order chi connectivity index (χ0) is 18.8. The van der Waals surface area contributed by atoms with E-state index in [-0.39, 0.29) is 11.9 Å². The third-order valence-corrected chi connectivity index (χ3v) is 5.48. The van der Waals surface area contributed by atoms with Gasteiger partial charge in [-0.05, 0) is 54.9 Å². The Hall–Kier alpha value is -2.82. The Labute approximate surface area is 159 Å². The number of nitrogens with zero attached hydrogens (tertiary/aromatic N) is 1. The average Bonchev–Trinajstić information content (AvgIpc) is 3.24. The maximum Gasteiger partial charge on any atom is 0.354 e. The number of fused-ring (bicyclic) bond motifs is 1. The molecule has 1 aliphatic heterocycles. The maximum atomic E-state index is 12.4. The largest absolute Gasteiger partial charge is 0.464 e. The van der Waals surface area contributed by atoms with E-state index in [9.17, 15) is 9.59 Å². The number of hydrogen-bond donors (Lipinski definition) is 1. The molecule has 1 N–H and O–H groups in total. The summed E-state index contributed by atoms with van der Waals surface area (Å²) < 4.78 is 4.95. The highest BCUT2D eigenvalue weighted by Crippen LogP contribution is 2.32. The standard InChI is InChI=1S/C22H24N2O3/c1-27-22(26)21-18-10-6-5-9-17(18)19(23-21)13-16-11-12-20(25)24(16)14-15-7-3-2-4-8-15/h2-4,7-8,13,23H,5-6,9-12,14H2,1H3/b16-13-. The third-order valence-electron chi connectivity index (χ3n) is 5.48. The maximum absolute atomic E-state index is 12.4. The number of likely N-dealkylation sites (tertiary alicyclic amines) is 1. The fraction of sp³-hybridized carbons (Fsp3) is 0.364. The highest BCUT2D eigenvalue weighted by Gasteiger charge is 2.28. The lowest BCUT2D eigenvalue weighted by atomic mass is 9.92. The molecule has 5 heteroatoms. The number of hydrogen-bond acceptors (Lipinski definition) is 3. The molecule has 1 saturated heterocycles. The number of nitrogens with one attached hydrogen (secondary N) is 1. The Kier molecular flexibility index (Phi) is 4.84. The van der Waals surface area contributed by atoms with Gasteiger partial charge in [0.2, 0.25) is 5.91 Å². The second kappa shape index (κ2) is 7.43. The number of allylic oxidation sites excluding steroid dienone is 1. The predicted molar refractivity (Wildman–Crippen MR) is 103 cm³/mol. The van der Waals surface area contributed by atoms with Gasteiger partial charge in [0.05, 0.1) is 13.7 Å². The van der Waals surface area contributed by atoms with E-state index in [0.717, 1.165) is 54.6 Å². The summed E-state index contributed by atoms with van der Waals surface area (Å²) in [5, 5.41) is 0. The van der Waals surface area contributed by atoms with Crippen LogP contribution in [0.15, 0.2) is 36.0 Å². The average molecular weight is 364 g/mol. The molecule has 1 aromatic heterocycles. The van der Waals surface area contributed by atoms with Crippen LogP contribution in [0.25, 0.3) is 6.08 Å². The number of H-pyrrole nitrogens is 1. The Morgan fingerprint density at radius 2 is 1.85 bits per heavy atom. The number of aromatic amines is 1. The highest BCUT2D eigenvalue weighted by atomic mass is 16.5. The van der Waals surface area contributed by atoms with Gasteiger partial charge in [-0.25, -0.2) is 4.79 Å². The van der Waals surface area contributed by atoms with Crippen LogP contribution in [0.1, 0.15) is 58.6 Å². The number of rotatable bonds is 4. The van der Waals surface area contributed by atoms with E-state index in [0.29, 0.717) is 18.7 Å². The van der Waals surface area contributed by atoms with Gasteiger partial charge in [0, 0.05) is 17.8 Å². The zero-order valence-electron chi connectivity index (χ0n) is 15.6. The summed E-state index contributed by atoms with van der Waals surface area (Å²) in [6, 6.07) is 10.0. The number of esters is 1. The first-order valence-electron chi connectivity index (χ1n) is 9.54. The van der Waals surface area contributed by atoms with Crippen LogP contribution in [-0.4, -0.2) is 28.9 Å². The van der Waals surface area contributed by atoms with Crippen LogP contribution < -0.4 is 0 Å². The minimum atomic E-state index is -0.318. The van der Waals surface area contributed by atoms with Gasteiger partial charge in [-0.1, -0.05) is 30.3 Å². The molecule has 1 amide bonds. The molecular weight excluding hydrogens is 340 g/mol. The van der Waals surface area contributed by atoms with Crippen molar-refractivity contribution in [1.82, 2.24) is 9.88 Å². The monoisotopic (exact) mass is 364 g/mol. The molecule has 5 nitrogen and oxygen atoms in total. The summed E-state index contributed by atoms with van der Waals surface area (Å²) in [6.07, 6.45) is 7.38. The number of carbonyl (C=O) groups excluding carboxylic acids is 2. The fourth-order valence-corrected chi connectivity index (χ4v) is 4.10. The van der Waals surface area contributed by atoms with Crippen molar-refractivity contribution < 1.29 is 14.3 Å². The van der Waals surface area contributed by atoms with Crippen LogP contribution in [0.5, 0.6) is 0 Å². The fourth-order valence-electron chi connectivity index (χ4n) is 4.10. The van der Waals surface area contributed by atoms with Crippen LogP contribution in [0.2, 0.25) is 0 Å². The molecule has 0 bridgehead atoms. The lowest BCUT2D eigenvalue weighted by Gasteiger charge is -2.19. The van der Waals surface area contributed by atoms with Crippen LogP contribution in [0.3, 0.4) is 0 Å². The van der Waals surface area contributed by atoms with Crippen molar-refractivity contribution in [3.05, 3.63) is 64.1 Å². The minimum absolute atomic E-state index is 0.152. The van der Waals surface area contributed by atoms with Crippen molar-refractivity contribution in [3.63, 3.8) is 0 Å². The smallest absolute Gasteiger partial charge is 0.354 e. The van der Waals surface area contributed by atoms with Crippen molar-refractivity contribution in [1.29, 1.82) is 0 Å². The second-order valence-electron chi connectivity index (χ2n) is 7.17. The molecule has 140 valence electrons. The van der Waals surface area contributed by atoms with Crippen molar-refractivity contribution >= 4 is 18.0 Å². The predicted octanol–water partition coefficient (Wildman–Crippen LogP) is 3.84. The SMILES string of the molecule is COC(=O)c1[nH]c(/C=C2/CCC(=O)N2Cc2ccccc2)c2c1CCCC2. The first-order chi connectivity index (χ1) is 13.2. The molecule has 0 spiro atoms. The molecule has 0 atom stereocenters. The van der Waals surface area contributed by atoms with E-state index in [2.05, 4.69) is 11.1 Å². The van der Waals surface area contributed by atoms with Crippen LogP contribution >= 0.6 is 0 Å². The van der Waals surface area contributed by atoms with Gasteiger partial charge in [-0.15, -0.1) is 0 Å². The minimum Gasteiger partial charge on any atom is -0.464 e. The number of ether oxygens (including phenoxy) is 1. The molecule has 1 aromatic carbocycles. The van der Waals surface area contributed by atoms with E-state index in [1.54, 1.807) is 0 Å². The summed E-state index contributed by atoms with van der Waals surface area (Å²) in [7, 11) is 1.41. The number of benzene rings is 1. The number of aromatic nitrogens is 1. The van der Waals surface area contributed by atoms with E-state index in [1.807, 2.05) is 35.2 Å². The van der Waals surface area contributed by atoms with Gasteiger partial charge in [0.1, 0.15) is 5.69 Å². The topological polar surface area (TPSA) is 62.4 Å². The van der Waals surface area contributed by atoms with Crippen LogP contribution in [-0.2, 0) is 28.9 Å². The summed E-state index contributed by atoms with van der Waals surface area (Å²) in [6.45, 7) is 0.582. The Balaban J connectivity index is 1.68. The first-order valence-corrected chi connectivity index (χ1v) is 9.54. The third kappa shape index (κ3) is 3.42. The highest BCUT2D eigenvalue weighted by molar-refractivity contribution is 5.91. The molecule has 0 radical (unpaired) electrons. The van der Waals surface area contributed by atoms with Gasteiger partial charge in [0.15, 0.2) is 0 Å². The number of amides is 1. The van der Waals surface area contributed by atoms with Crippen LogP contribution in [0.4, 0.5) is 0 Å². The van der Waals surface area contributed by atoms with Crippen molar-refractivity contribution in [2.24, 2.45) is 0 Å². The Morgan fingerprint density at radius 1 is 1.11 bits per heavy atom. The van der Waals surface area contributed by atoms with Gasteiger partial charge in [-0.3, -0.25) is 4.79 Å². The quantitative estimate of drug-likeness (QED) is 0.839. The normalized spacial score (nSPS) is 18.0. The zero-order valence-corrected chi connectivity index (χ0v) is 15.6. The van der Waals surface area contributed by atoms with E-state index in [4.69, 9.17) is 4.74 Å². The molecule has 27 heavy (non-hydrogen) atoms. The summed E-state index contributed by atoms with van der Waals surface area (Å²) in [5.74, 6) is -0.167. The van der Waals surface area contributed by atoms with Gasteiger partial charge < -0.3 is 14.6 Å². The van der Waals surface area contributed by atoms with Gasteiger partial charge >= 0.3 is 5.97 Å². The molecule has 2 aliphatic rings. The van der Waals surface area contributed by atoms with E-state index in [1.165, 1.54) is 12.7 Å². The summed E-state index contributed by atoms with van der Waals surface area (Å²) in [4.78, 5) is 29.7. The Morgan fingerprint density at radius 3 is 2.59 bits per heavy atom.